The van der Waals surface area contributed by atoms with Crippen molar-refractivity contribution in [2.24, 2.45) is 11.7 Å². The molecule has 2 atom stereocenters. The summed E-state index contributed by atoms with van der Waals surface area (Å²) < 4.78 is 10.8. The first-order valence-corrected chi connectivity index (χ1v) is 7.42. The highest BCUT2D eigenvalue weighted by Crippen LogP contribution is 2.42. The first-order chi connectivity index (χ1) is 10.1. The second kappa shape index (κ2) is 5.56. The van der Waals surface area contributed by atoms with E-state index in [4.69, 9.17) is 15.2 Å². The predicted molar refractivity (Wildman–Crippen MR) is 79.5 cm³/mol. The highest BCUT2D eigenvalue weighted by molar-refractivity contribution is 5.77. The van der Waals surface area contributed by atoms with Crippen LogP contribution in [0.5, 0.6) is 11.5 Å². The molecule has 2 heterocycles. The largest absolute Gasteiger partial charge is 0.493 e. The van der Waals surface area contributed by atoms with E-state index in [1.165, 1.54) is 11.1 Å². The Bertz CT molecular complexity index is 559. The summed E-state index contributed by atoms with van der Waals surface area (Å²) in [4.78, 5) is 13.8. The van der Waals surface area contributed by atoms with E-state index in [0.29, 0.717) is 6.04 Å². The number of benzene rings is 1. The summed E-state index contributed by atoms with van der Waals surface area (Å²) in [6, 6.07) is 4.55. The van der Waals surface area contributed by atoms with Crippen LogP contribution < -0.4 is 15.2 Å². The maximum atomic E-state index is 11.4. The van der Waals surface area contributed by atoms with Crippen LogP contribution in [-0.4, -0.2) is 38.1 Å². The molecule has 1 aromatic rings. The van der Waals surface area contributed by atoms with Gasteiger partial charge in [-0.1, -0.05) is 0 Å². The van der Waals surface area contributed by atoms with Gasteiger partial charge in [-0.05, 0) is 42.5 Å². The van der Waals surface area contributed by atoms with Crippen LogP contribution in [0.25, 0.3) is 0 Å². The molecule has 0 aromatic heterocycles. The number of carbonyl (C=O) groups is 1. The summed E-state index contributed by atoms with van der Waals surface area (Å²) in [6.07, 6.45) is 2.80. The quantitative estimate of drug-likeness (QED) is 0.916. The molecular formula is C16H22N2O3. The van der Waals surface area contributed by atoms with E-state index in [1.54, 1.807) is 14.2 Å². The van der Waals surface area contributed by atoms with Crippen molar-refractivity contribution in [2.45, 2.75) is 25.3 Å². The number of nitrogens with zero attached hydrogens (tertiary/aromatic N) is 1. The molecule has 2 unspecified atom stereocenters. The van der Waals surface area contributed by atoms with Gasteiger partial charge in [-0.3, -0.25) is 9.69 Å². The van der Waals surface area contributed by atoms with Gasteiger partial charge in [0.1, 0.15) is 0 Å². The Kier molecular flexibility index (Phi) is 3.76. The number of nitrogens with two attached hydrogens (primary N) is 1. The number of amides is 1. The Balaban J connectivity index is 1.91. The number of hydrogen-bond donors (Lipinski definition) is 1. The number of methoxy groups -OCH3 is 2. The molecule has 114 valence electrons. The second-order valence-corrected chi connectivity index (χ2v) is 5.84. The SMILES string of the molecule is COc1cc2c(cc1OC)C1CCC(C(N)=O)CN1CC2. The molecular weight excluding hydrogens is 268 g/mol. The van der Waals surface area contributed by atoms with Crippen LogP contribution in [0, 0.1) is 5.92 Å². The van der Waals surface area contributed by atoms with Gasteiger partial charge in [0.15, 0.2) is 11.5 Å². The van der Waals surface area contributed by atoms with Crippen LogP contribution in [0.15, 0.2) is 12.1 Å². The number of rotatable bonds is 3. The standard InChI is InChI=1S/C16H22N2O3/c1-20-14-7-10-5-6-18-9-11(16(17)19)3-4-13(18)12(10)8-15(14)21-2/h7-8,11,13H,3-6,9H2,1-2H3,(H2,17,19). The second-order valence-electron chi connectivity index (χ2n) is 5.84. The fourth-order valence-electron chi connectivity index (χ4n) is 3.60. The molecule has 1 aromatic carbocycles. The highest BCUT2D eigenvalue weighted by atomic mass is 16.5. The first-order valence-electron chi connectivity index (χ1n) is 7.42. The lowest BCUT2D eigenvalue weighted by Gasteiger charge is -2.43. The normalized spacial score (nSPS) is 24.9. The highest BCUT2D eigenvalue weighted by Gasteiger charge is 2.35. The van der Waals surface area contributed by atoms with Crippen molar-refractivity contribution in [3.05, 3.63) is 23.3 Å². The third-order valence-corrected chi connectivity index (χ3v) is 4.76. The minimum absolute atomic E-state index is 0.0112. The molecule has 1 amide bonds. The molecule has 2 aliphatic heterocycles. The third kappa shape index (κ3) is 2.46. The number of hydrogen-bond acceptors (Lipinski definition) is 4. The number of fused-ring (bicyclic) bond motifs is 3. The van der Waals surface area contributed by atoms with Gasteiger partial charge in [-0.2, -0.15) is 0 Å². The van der Waals surface area contributed by atoms with Crippen molar-refractivity contribution < 1.29 is 14.3 Å². The van der Waals surface area contributed by atoms with Crippen LogP contribution in [0.4, 0.5) is 0 Å². The van der Waals surface area contributed by atoms with E-state index in [-0.39, 0.29) is 11.8 Å². The lowest BCUT2D eigenvalue weighted by atomic mass is 9.83. The molecule has 0 saturated carbocycles. The number of ether oxygens (including phenoxy) is 2. The molecule has 0 radical (unpaired) electrons. The van der Waals surface area contributed by atoms with E-state index in [9.17, 15) is 4.79 Å². The molecule has 21 heavy (non-hydrogen) atoms. The van der Waals surface area contributed by atoms with E-state index >= 15 is 0 Å². The summed E-state index contributed by atoms with van der Waals surface area (Å²) in [5.74, 6) is 1.38. The Morgan fingerprint density at radius 2 is 1.95 bits per heavy atom. The fraction of sp³-hybridized carbons (Fsp3) is 0.562. The Hall–Kier alpha value is -1.75. The van der Waals surface area contributed by atoms with E-state index < -0.39 is 0 Å². The molecule has 2 N–H and O–H groups in total. The van der Waals surface area contributed by atoms with Crippen molar-refractivity contribution in [1.29, 1.82) is 0 Å². The van der Waals surface area contributed by atoms with Gasteiger partial charge in [-0.25, -0.2) is 0 Å². The van der Waals surface area contributed by atoms with Gasteiger partial charge < -0.3 is 15.2 Å². The van der Waals surface area contributed by atoms with Gasteiger partial charge in [-0.15, -0.1) is 0 Å². The van der Waals surface area contributed by atoms with Crippen LogP contribution in [0.1, 0.15) is 30.0 Å². The van der Waals surface area contributed by atoms with Gasteiger partial charge in [0.05, 0.1) is 20.1 Å². The molecule has 5 heteroatoms. The van der Waals surface area contributed by atoms with Crippen LogP contribution in [0.2, 0.25) is 0 Å². The fourth-order valence-corrected chi connectivity index (χ4v) is 3.60. The van der Waals surface area contributed by atoms with Gasteiger partial charge in [0, 0.05) is 19.1 Å². The Morgan fingerprint density at radius 3 is 2.62 bits per heavy atom. The molecule has 0 aliphatic carbocycles. The van der Waals surface area contributed by atoms with E-state index in [0.717, 1.165) is 43.9 Å². The van der Waals surface area contributed by atoms with E-state index in [2.05, 4.69) is 17.0 Å². The zero-order valence-corrected chi connectivity index (χ0v) is 12.6. The number of carbonyl (C=O) groups excluding carboxylic acids is 1. The van der Waals surface area contributed by atoms with Crippen molar-refractivity contribution >= 4 is 5.91 Å². The molecule has 3 rings (SSSR count). The molecule has 2 aliphatic rings. The minimum Gasteiger partial charge on any atom is -0.493 e. The first kappa shape index (κ1) is 14.2. The molecule has 0 bridgehead atoms. The monoisotopic (exact) mass is 290 g/mol. The maximum absolute atomic E-state index is 11.4. The molecule has 1 fully saturated rings. The van der Waals surface area contributed by atoms with Gasteiger partial charge >= 0.3 is 0 Å². The lowest BCUT2D eigenvalue weighted by molar-refractivity contribution is -0.124. The minimum atomic E-state index is -0.174. The molecule has 5 nitrogen and oxygen atoms in total. The number of primary amides is 1. The number of piperidine rings is 1. The van der Waals surface area contributed by atoms with Gasteiger partial charge in [0.25, 0.3) is 0 Å². The van der Waals surface area contributed by atoms with Gasteiger partial charge in [0.2, 0.25) is 5.91 Å². The molecule has 0 spiro atoms. The van der Waals surface area contributed by atoms with Crippen molar-refractivity contribution in [3.8, 4) is 11.5 Å². The average molecular weight is 290 g/mol. The van der Waals surface area contributed by atoms with Crippen molar-refractivity contribution in [3.63, 3.8) is 0 Å². The Labute approximate surface area is 125 Å². The smallest absolute Gasteiger partial charge is 0.221 e. The maximum Gasteiger partial charge on any atom is 0.221 e. The topological polar surface area (TPSA) is 64.8 Å². The van der Waals surface area contributed by atoms with Crippen molar-refractivity contribution in [2.75, 3.05) is 27.3 Å². The summed E-state index contributed by atoms with van der Waals surface area (Å²) >= 11 is 0. The zero-order chi connectivity index (χ0) is 15.0. The zero-order valence-electron chi connectivity index (χ0n) is 12.6. The third-order valence-electron chi connectivity index (χ3n) is 4.76. The predicted octanol–water partition coefficient (Wildman–Crippen LogP) is 1.50. The average Bonchev–Trinajstić information content (AvgIpc) is 2.52. The summed E-state index contributed by atoms with van der Waals surface area (Å²) in [5, 5.41) is 0. The van der Waals surface area contributed by atoms with Crippen LogP contribution in [0.3, 0.4) is 0 Å². The van der Waals surface area contributed by atoms with Crippen LogP contribution >= 0.6 is 0 Å². The van der Waals surface area contributed by atoms with Crippen molar-refractivity contribution in [1.82, 2.24) is 4.90 Å². The summed E-state index contributed by atoms with van der Waals surface area (Å²) in [7, 11) is 3.33. The molecule has 1 saturated heterocycles. The lowest BCUT2D eigenvalue weighted by Crippen LogP contribution is -2.45. The Morgan fingerprint density at radius 1 is 1.24 bits per heavy atom. The van der Waals surface area contributed by atoms with E-state index in [1.807, 2.05) is 0 Å². The summed E-state index contributed by atoms with van der Waals surface area (Å²) in [5.41, 5.74) is 8.10. The van der Waals surface area contributed by atoms with Crippen LogP contribution in [-0.2, 0) is 11.2 Å². The summed E-state index contributed by atoms with van der Waals surface area (Å²) in [6.45, 7) is 1.74.